The summed E-state index contributed by atoms with van der Waals surface area (Å²) in [5, 5.41) is 16.1. The van der Waals surface area contributed by atoms with E-state index in [-0.39, 0.29) is 12.5 Å². The fourth-order valence-electron chi connectivity index (χ4n) is 2.86. The maximum absolute atomic E-state index is 9.68. The molecule has 0 saturated carbocycles. The van der Waals surface area contributed by atoms with Crippen LogP contribution in [0.2, 0.25) is 0 Å². The van der Waals surface area contributed by atoms with E-state index in [1.54, 1.807) is 13.2 Å². The maximum Gasteiger partial charge on any atom is 0.214 e. The lowest BCUT2D eigenvalue weighted by Gasteiger charge is -2.17. The van der Waals surface area contributed by atoms with Crippen molar-refractivity contribution >= 4 is 5.96 Å². The van der Waals surface area contributed by atoms with E-state index in [2.05, 4.69) is 27.5 Å². The van der Waals surface area contributed by atoms with Gasteiger partial charge in [0.15, 0.2) is 11.7 Å². The summed E-state index contributed by atoms with van der Waals surface area (Å²) in [6, 6.07) is 18.1. The Labute approximate surface area is 165 Å². The summed E-state index contributed by atoms with van der Waals surface area (Å²) in [7, 11) is 1.71. The van der Waals surface area contributed by atoms with E-state index < -0.39 is 0 Å². The van der Waals surface area contributed by atoms with Crippen LogP contribution in [-0.4, -0.2) is 36.2 Å². The van der Waals surface area contributed by atoms with Crippen LogP contribution in [-0.2, 0) is 6.54 Å². The summed E-state index contributed by atoms with van der Waals surface area (Å²) < 4.78 is 5.82. The van der Waals surface area contributed by atoms with Crippen molar-refractivity contribution in [3.8, 4) is 11.3 Å². The Balaban J connectivity index is 1.53. The standard InChI is InChI=1S/C22H26N4O2/c1-16-8-10-18(11-9-16)20-13-24-21(28-20)14-26-22(23-2)25-12-19(15-27)17-6-4-3-5-7-17/h3-11,13,19,27H,12,14-15H2,1-2H3,(H2,23,25,26). The summed E-state index contributed by atoms with van der Waals surface area (Å²) in [6.07, 6.45) is 1.73. The van der Waals surface area contributed by atoms with Crippen LogP contribution in [0.3, 0.4) is 0 Å². The molecule has 2 aromatic carbocycles. The zero-order valence-electron chi connectivity index (χ0n) is 16.2. The number of nitrogens with zero attached hydrogens (tertiary/aromatic N) is 2. The second-order valence-electron chi connectivity index (χ2n) is 6.58. The molecule has 0 aliphatic rings. The molecular formula is C22H26N4O2. The molecule has 1 unspecified atom stereocenters. The first kappa shape index (κ1) is 19.6. The molecule has 0 aliphatic carbocycles. The average molecular weight is 378 g/mol. The summed E-state index contributed by atoms with van der Waals surface area (Å²) in [5.41, 5.74) is 3.29. The summed E-state index contributed by atoms with van der Waals surface area (Å²) >= 11 is 0. The highest BCUT2D eigenvalue weighted by Crippen LogP contribution is 2.20. The topological polar surface area (TPSA) is 82.7 Å². The van der Waals surface area contributed by atoms with Crippen LogP contribution in [0.1, 0.15) is 22.9 Å². The highest BCUT2D eigenvalue weighted by Gasteiger charge is 2.12. The molecule has 0 bridgehead atoms. The largest absolute Gasteiger partial charge is 0.439 e. The molecular weight excluding hydrogens is 352 g/mol. The number of aliphatic hydroxyl groups excluding tert-OH is 1. The van der Waals surface area contributed by atoms with E-state index in [9.17, 15) is 5.11 Å². The molecule has 28 heavy (non-hydrogen) atoms. The minimum Gasteiger partial charge on any atom is -0.439 e. The number of hydrogen-bond donors (Lipinski definition) is 3. The summed E-state index contributed by atoms with van der Waals surface area (Å²) in [5.74, 6) is 1.95. The van der Waals surface area contributed by atoms with Gasteiger partial charge in [0.05, 0.1) is 19.3 Å². The molecule has 3 N–H and O–H groups in total. The zero-order chi connectivity index (χ0) is 19.8. The van der Waals surface area contributed by atoms with Crippen LogP contribution in [0.5, 0.6) is 0 Å². The van der Waals surface area contributed by atoms with Gasteiger partial charge in [-0.05, 0) is 12.5 Å². The Kier molecular flexibility index (Phi) is 6.81. The number of oxazole rings is 1. The van der Waals surface area contributed by atoms with Crippen molar-refractivity contribution in [1.29, 1.82) is 0 Å². The lowest BCUT2D eigenvalue weighted by Crippen LogP contribution is -2.39. The molecule has 3 aromatic rings. The number of aliphatic hydroxyl groups is 1. The predicted octanol–water partition coefficient (Wildman–Crippen LogP) is 3.09. The summed E-state index contributed by atoms with van der Waals surface area (Å²) in [6.45, 7) is 3.10. The molecule has 0 saturated heterocycles. The first-order valence-corrected chi connectivity index (χ1v) is 9.31. The lowest BCUT2D eigenvalue weighted by atomic mass is 10.0. The lowest BCUT2D eigenvalue weighted by molar-refractivity contribution is 0.265. The first-order valence-electron chi connectivity index (χ1n) is 9.31. The molecule has 0 aliphatic heterocycles. The molecule has 3 rings (SSSR count). The monoisotopic (exact) mass is 378 g/mol. The van der Waals surface area contributed by atoms with Gasteiger partial charge in [0.2, 0.25) is 5.89 Å². The van der Waals surface area contributed by atoms with Crippen molar-refractivity contribution in [3.05, 3.63) is 77.8 Å². The van der Waals surface area contributed by atoms with Crippen LogP contribution >= 0.6 is 0 Å². The van der Waals surface area contributed by atoms with Crippen LogP contribution in [0.15, 0.2) is 70.2 Å². The molecule has 0 fully saturated rings. The molecule has 6 nitrogen and oxygen atoms in total. The van der Waals surface area contributed by atoms with Gasteiger partial charge in [-0.1, -0.05) is 60.2 Å². The van der Waals surface area contributed by atoms with E-state index >= 15 is 0 Å². The predicted molar refractivity (Wildman–Crippen MR) is 111 cm³/mol. The molecule has 0 spiro atoms. The fraction of sp³-hybridized carbons (Fsp3) is 0.273. The molecule has 1 atom stereocenters. The average Bonchev–Trinajstić information content (AvgIpc) is 3.21. The Bertz CT molecular complexity index is 888. The van der Waals surface area contributed by atoms with Crippen LogP contribution in [0.4, 0.5) is 0 Å². The highest BCUT2D eigenvalue weighted by molar-refractivity contribution is 5.79. The van der Waals surface area contributed by atoms with E-state index in [0.717, 1.165) is 16.9 Å². The number of aliphatic imine (C=N–C) groups is 1. The van der Waals surface area contributed by atoms with Crippen LogP contribution in [0, 0.1) is 6.92 Å². The minimum absolute atomic E-state index is 0.00497. The van der Waals surface area contributed by atoms with E-state index in [1.807, 2.05) is 54.6 Å². The number of guanidine groups is 1. The first-order chi connectivity index (χ1) is 13.7. The smallest absolute Gasteiger partial charge is 0.214 e. The van der Waals surface area contributed by atoms with Gasteiger partial charge in [0, 0.05) is 25.1 Å². The Morgan fingerprint density at radius 1 is 1.11 bits per heavy atom. The SMILES string of the molecule is CN=C(NCc1ncc(-c2ccc(C)cc2)o1)NCC(CO)c1ccccc1. The maximum atomic E-state index is 9.68. The number of nitrogens with one attached hydrogen (secondary N) is 2. The number of benzene rings is 2. The van der Waals surface area contributed by atoms with Gasteiger partial charge >= 0.3 is 0 Å². The number of aryl methyl sites for hydroxylation is 1. The molecule has 146 valence electrons. The molecule has 0 radical (unpaired) electrons. The third kappa shape index (κ3) is 5.20. The van der Waals surface area contributed by atoms with Gasteiger partial charge < -0.3 is 20.2 Å². The van der Waals surface area contributed by atoms with Crippen LogP contribution in [0.25, 0.3) is 11.3 Å². The van der Waals surface area contributed by atoms with E-state index in [1.165, 1.54) is 5.56 Å². The Hall–Kier alpha value is -3.12. The highest BCUT2D eigenvalue weighted by atomic mass is 16.4. The zero-order valence-corrected chi connectivity index (χ0v) is 16.2. The van der Waals surface area contributed by atoms with Gasteiger partial charge in [0.25, 0.3) is 0 Å². The molecule has 1 aromatic heterocycles. The van der Waals surface area contributed by atoms with E-state index in [4.69, 9.17) is 4.42 Å². The van der Waals surface area contributed by atoms with Gasteiger partial charge in [-0.2, -0.15) is 0 Å². The van der Waals surface area contributed by atoms with Crippen molar-refractivity contribution < 1.29 is 9.52 Å². The normalized spacial score (nSPS) is 12.6. The second-order valence-corrected chi connectivity index (χ2v) is 6.58. The molecule has 1 heterocycles. The van der Waals surface area contributed by atoms with Gasteiger partial charge in [-0.3, -0.25) is 4.99 Å². The van der Waals surface area contributed by atoms with Crippen molar-refractivity contribution in [1.82, 2.24) is 15.6 Å². The van der Waals surface area contributed by atoms with Crippen molar-refractivity contribution in [2.45, 2.75) is 19.4 Å². The van der Waals surface area contributed by atoms with Gasteiger partial charge in [-0.25, -0.2) is 4.98 Å². The van der Waals surface area contributed by atoms with Crippen molar-refractivity contribution in [2.75, 3.05) is 20.2 Å². The molecule has 6 heteroatoms. The Morgan fingerprint density at radius 2 is 1.86 bits per heavy atom. The van der Waals surface area contributed by atoms with Crippen LogP contribution < -0.4 is 10.6 Å². The number of rotatable bonds is 7. The Morgan fingerprint density at radius 3 is 2.54 bits per heavy atom. The minimum atomic E-state index is -0.00497. The molecule has 0 amide bonds. The van der Waals surface area contributed by atoms with Crippen molar-refractivity contribution in [3.63, 3.8) is 0 Å². The van der Waals surface area contributed by atoms with Crippen molar-refractivity contribution in [2.24, 2.45) is 4.99 Å². The van der Waals surface area contributed by atoms with Gasteiger partial charge in [-0.15, -0.1) is 0 Å². The quantitative estimate of drug-likeness (QED) is 0.435. The second kappa shape index (κ2) is 9.71. The fourth-order valence-corrected chi connectivity index (χ4v) is 2.86. The number of hydrogen-bond acceptors (Lipinski definition) is 4. The van der Waals surface area contributed by atoms with Gasteiger partial charge in [0.1, 0.15) is 0 Å². The summed E-state index contributed by atoms with van der Waals surface area (Å²) in [4.78, 5) is 8.55. The third-order valence-electron chi connectivity index (χ3n) is 4.53. The third-order valence-corrected chi connectivity index (χ3v) is 4.53. The van der Waals surface area contributed by atoms with E-state index in [0.29, 0.717) is 24.9 Å². The number of aromatic nitrogens is 1.